The van der Waals surface area contributed by atoms with E-state index < -0.39 is 0 Å². The second kappa shape index (κ2) is 6.72. The normalized spacial score (nSPS) is 12.1. The van der Waals surface area contributed by atoms with E-state index in [0.29, 0.717) is 11.0 Å². The summed E-state index contributed by atoms with van der Waals surface area (Å²) in [5.74, 6) is 0. The van der Waals surface area contributed by atoms with Crippen LogP contribution in [0.5, 0.6) is 0 Å². The largest absolute Gasteiger partial charge is 0.389 e. The van der Waals surface area contributed by atoms with Gasteiger partial charge in [0.15, 0.2) is 0 Å². The van der Waals surface area contributed by atoms with Crippen LogP contribution in [0.25, 0.3) is 0 Å². The highest BCUT2D eigenvalue weighted by atomic mass is 32.1. The summed E-state index contributed by atoms with van der Waals surface area (Å²) in [7, 11) is 2.04. The van der Waals surface area contributed by atoms with Crippen molar-refractivity contribution in [3.8, 4) is 0 Å². The van der Waals surface area contributed by atoms with Crippen molar-refractivity contribution >= 4 is 22.9 Å². The first-order valence-corrected chi connectivity index (χ1v) is 7.57. The SMILES string of the molecule is CCC(C)n1ccc(CN(C)c2cccc(C(N)=S)c2)n1. The van der Waals surface area contributed by atoms with Gasteiger partial charge in [0.05, 0.1) is 12.2 Å². The molecule has 5 heteroatoms. The van der Waals surface area contributed by atoms with Gasteiger partial charge in [-0.15, -0.1) is 0 Å². The van der Waals surface area contributed by atoms with Crippen molar-refractivity contribution in [3.63, 3.8) is 0 Å². The zero-order chi connectivity index (χ0) is 15.4. The van der Waals surface area contributed by atoms with Gasteiger partial charge < -0.3 is 10.6 Å². The first-order valence-electron chi connectivity index (χ1n) is 7.16. The highest BCUT2D eigenvalue weighted by molar-refractivity contribution is 7.80. The van der Waals surface area contributed by atoms with Gasteiger partial charge in [-0.2, -0.15) is 5.10 Å². The van der Waals surface area contributed by atoms with E-state index in [2.05, 4.69) is 29.9 Å². The molecule has 0 radical (unpaired) electrons. The summed E-state index contributed by atoms with van der Waals surface area (Å²) in [6, 6.07) is 10.5. The van der Waals surface area contributed by atoms with Crippen LogP contribution in [0.1, 0.15) is 37.6 Å². The third kappa shape index (κ3) is 3.82. The molecule has 1 aromatic heterocycles. The fourth-order valence-corrected chi connectivity index (χ4v) is 2.25. The smallest absolute Gasteiger partial charge is 0.104 e. The van der Waals surface area contributed by atoms with Gasteiger partial charge in [0, 0.05) is 30.5 Å². The molecule has 0 spiro atoms. The van der Waals surface area contributed by atoms with Crippen molar-refractivity contribution in [2.75, 3.05) is 11.9 Å². The predicted octanol–water partition coefficient (Wildman–Crippen LogP) is 3.12. The van der Waals surface area contributed by atoms with Crippen LogP contribution in [0.2, 0.25) is 0 Å². The van der Waals surface area contributed by atoms with E-state index in [1.807, 2.05) is 42.2 Å². The van der Waals surface area contributed by atoms with Crippen LogP contribution in [-0.2, 0) is 6.54 Å². The van der Waals surface area contributed by atoms with E-state index in [1.54, 1.807) is 0 Å². The number of rotatable bonds is 6. The number of hydrogen-bond donors (Lipinski definition) is 1. The van der Waals surface area contributed by atoms with Gasteiger partial charge in [0.2, 0.25) is 0 Å². The van der Waals surface area contributed by atoms with E-state index in [4.69, 9.17) is 18.0 Å². The van der Waals surface area contributed by atoms with E-state index in [1.165, 1.54) is 0 Å². The highest BCUT2D eigenvalue weighted by Crippen LogP contribution is 2.17. The molecule has 2 N–H and O–H groups in total. The number of thiocarbonyl (C=S) groups is 1. The van der Waals surface area contributed by atoms with Crippen molar-refractivity contribution in [1.82, 2.24) is 9.78 Å². The molecule has 1 unspecified atom stereocenters. The molecule has 0 aliphatic carbocycles. The molecular formula is C16H22N4S. The van der Waals surface area contributed by atoms with E-state index in [9.17, 15) is 0 Å². The molecule has 1 aromatic carbocycles. The molecule has 0 aliphatic rings. The molecule has 0 saturated carbocycles. The minimum Gasteiger partial charge on any atom is -0.389 e. The van der Waals surface area contributed by atoms with Crippen molar-refractivity contribution in [3.05, 3.63) is 47.8 Å². The van der Waals surface area contributed by atoms with Gasteiger partial charge in [0.1, 0.15) is 4.99 Å². The first-order chi connectivity index (χ1) is 10.0. The molecule has 1 heterocycles. The lowest BCUT2D eigenvalue weighted by Gasteiger charge is -2.19. The maximum absolute atomic E-state index is 5.68. The number of anilines is 1. The average Bonchev–Trinajstić information content (AvgIpc) is 2.95. The van der Waals surface area contributed by atoms with Gasteiger partial charge in [-0.25, -0.2) is 0 Å². The maximum Gasteiger partial charge on any atom is 0.104 e. The van der Waals surface area contributed by atoms with Crippen LogP contribution in [-0.4, -0.2) is 21.8 Å². The lowest BCUT2D eigenvalue weighted by atomic mass is 10.2. The average molecular weight is 302 g/mol. The van der Waals surface area contributed by atoms with Crippen LogP contribution in [0, 0.1) is 0 Å². The van der Waals surface area contributed by atoms with Gasteiger partial charge in [-0.3, -0.25) is 4.68 Å². The molecule has 0 amide bonds. The molecule has 1 atom stereocenters. The zero-order valence-corrected chi connectivity index (χ0v) is 13.6. The Morgan fingerprint density at radius 3 is 2.86 bits per heavy atom. The lowest BCUT2D eigenvalue weighted by molar-refractivity contribution is 0.473. The van der Waals surface area contributed by atoms with Gasteiger partial charge in [0.25, 0.3) is 0 Å². The molecule has 0 saturated heterocycles. The molecule has 4 nitrogen and oxygen atoms in total. The fourth-order valence-electron chi connectivity index (χ4n) is 2.13. The van der Waals surface area contributed by atoms with Crippen LogP contribution in [0.3, 0.4) is 0 Å². The van der Waals surface area contributed by atoms with Gasteiger partial charge in [-0.1, -0.05) is 31.3 Å². The molecule has 2 aromatic rings. The Morgan fingerprint density at radius 1 is 1.43 bits per heavy atom. The second-order valence-electron chi connectivity index (χ2n) is 5.31. The summed E-state index contributed by atoms with van der Waals surface area (Å²) in [4.78, 5) is 2.57. The summed E-state index contributed by atoms with van der Waals surface area (Å²) in [6.07, 6.45) is 3.12. The minimum absolute atomic E-state index is 0.422. The van der Waals surface area contributed by atoms with E-state index in [0.717, 1.165) is 29.9 Å². The molecule has 21 heavy (non-hydrogen) atoms. The summed E-state index contributed by atoms with van der Waals surface area (Å²) >= 11 is 5.03. The number of nitrogens with zero attached hydrogens (tertiary/aromatic N) is 3. The van der Waals surface area contributed by atoms with Crippen LogP contribution in [0.15, 0.2) is 36.5 Å². The zero-order valence-electron chi connectivity index (χ0n) is 12.8. The fraction of sp³-hybridized carbons (Fsp3) is 0.375. The maximum atomic E-state index is 5.68. The standard InChI is InChI=1S/C16H22N4S/c1-4-12(2)20-9-8-14(18-20)11-19(3)15-7-5-6-13(10-15)16(17)21/h5-10,12H,4,11H2,1-3H3,(H2,17,21). The Labute approximate surface area is 131 Å². The molecule has 2 rings (SSSR count). The van der Waals surface area contributed by atoms with Crippen LogP contribution >= 0.6 is 12.2 Å². The number of benzene rings is 1. The third-order valence-corrected chi connectivity index (χ3v) is 3.91. The Morgan fingerprint density at radius 2 is 2.19 bits per heavy atom. The number of nitrogens with two attached hydrogens (primary N) is 1. The molecular weight excluding hydrogens is 280 g/mol. The quantitative estimate of drug-likeness (QED) is 0.833. The summed E-state index contributed by atoms with van der Waals surface area (Å²) in [6.45, 7) is 5.09. The summed E-state index contributed by atoms with van der Waals surface area (Å²) < 4.78 is 2.02. The van der Waals surface area contributed by atoms with Crippen molar-refractivity contribution < 1.29 is 0 Å². The molecule has 0 aliphatic heterocycles. The molecule has 112 valence electrons. The minimum atomic E-state index is 0.422. The predicted molar refractivity (Wildman–Crippen MR) is 91.7 cm³/mol. The monoisotopic (exact) mass is 302 g/mol. The Bertz CT molecular complexity index is 620. The van der Waals surface area contributed by atoms with Crippen molar-refractivity contribution in [2.45, 2.75) is 32.9 Å². The second-order valence-corrected chi connectivity index (χ2v) is 5.75. The Hall–Kier alpha value is -1.88. The Balaban J connectivity index is 2.10. The van der Waals surface area contributed by atoms with E-state index >= 15 is 0 Å². The topological polar surface area (TPSA) is 47.1 Å². The number of hydrogen-bond acceptors (Lipinski definition) is 3. The van der Waals surface area contributed by atoms with Crippen molar-refractivity contribution in [2.24, 2.45) is 5.73 Å². The first kappa shape index (κ1) is 15.5. The van der Waals surface area contributed by atoms with Gasteiger partial charge >= 0.3 is 0 Å². The summed E-state index contributed by atoms with van der Waals surface area (Å²) in [5, 5.41) is 4.63. The lowest BCUT2D eigenvalue weighted by Crippen LogP contribution is -2.18. The molecule has 0 bridgehead atoms. The third-order valence-electron chi connectivity index (χ3n) is 3.68. The van der Waals surface area contributed by atoms with Crippen molar-refractivity contribution in [1.29, 1.82) is 0 Å². The highest BCUT2D eigenvalue weighted by Gasteiger charge is 2.08. The molecule has 0 fully saturated rings. The van der Waals surface area contributed by atoms with E-state index in [-0.39, 0.29) is 0 Å². The number of aromatic nitrogens is 2. The van der Waals surface area contributed by atoms with Crippen LogP contribution < -0.4 is 10.6 Å². The van der Waals surface area contributed by atoms with Gasteiger partial charge in [-0.05, 0) is 31.5 Å². The Kier molecular flexibility index (Phi) is 4.96. The summed E-state index contributed by atoms with van der Waals surface area (Å²) in [5.41, 5.74) is 8.71. The van der Waals surface area contributed by atoms with Crippen LogP contribution in [0.4, 0.5) is 5.69 Å².